The first-order valence-corrected chi connectivity index (χ1v) is 8.60. The number of rotatable bonds is 8. The predicted molar refractivity (Wildman–Crippen MR) is 81.8 cm³/mol. The second-order valence-electron chi connectivity index (χ2n) is 4.83. The van der Waals surface area contributed by atoms with Gasteiger partial charge in [-0.05, 0) is 30.5 Å². The highest BCUT2D eigenvalue weighted by Crippen LogP contribution is 2.34. The van der Waals surface area contributed by atoms with Gasteiger partial charge in [-0.1, -0.05) is 44.0 Å². The van der Waals surface area contributed by atoms with E-state index in [1.54, 1.807) is 6.07 Å². The van der Waals surface area contributed by atoms with Crippen molar-refractivity contribution in [2.45, 2.75) is 24.4 Å². The number of hydrogen-bond donors (Lipinski definition) is 0. The molecule has 0 amide bonds. The third kappa shape index (κ3) is 6.24. The highest BCUT2D eigenvalue weighted by Gasteiger charge is 2.31. The molecule has 0 N–H and O–H groups in total. The van der Waals surface area contributed by atoms with E-state index in [1.807, 2.05) is 6.07 Å². The third-order valence-electron chi connectivity index (χ3n) is 3.16. The molecule has 0 spiro atoms. The van der Waals surface area contributed by atoms with E-state index in [9.17, 15) is 17.6 Å². The molecule has 0 aliphatic heterocycles. The van der Waals surface area contributed by atoms with Crippen molar-refractivity contribution in [1.82, 2.24) is 0 Å². The van der Waals surface area contributed by atoms with Crippen molar-refractivity contribution in [2.75, 3.05) is 23.9 Å². The molecule has 0 fully saturated rings. The molecule has 0 bridgehead atoms. The van der Waals surface area contributed by atoms with Gasteiger partial charge in [0.15, 0.2) is 0 Å². The zero-order chi connectivity index (χ0) is 15.9. The first-order valence-electron chi connectivity index (χ1n) is 6.35. The van der Waals surface area contributed by atoms with Crippen LogP contribution in [0.2, 0.25) is 0 Å². The Morgan fingerprint density at radius 1 is 1.10 bits per heavy atom. The number of alkyl halides is 5. The van der Waals surface area contributed by atoms with Crippen molar-refractivity contribution in [1.29, 1.82) is 0 Å². The Morgan fingerprint density at radius 2 is 1.76 bits per heavy atom. The Labute approximate surface area is 138 Å². The van der Waals surface area contributed by atoms with Crippen LogP contribution in [-0.2, 0) is 10.2 Å². The summed E-state index contributed by atoms with van der Waals surface area (Å²) in [6.07, 6.45) is -3.25. The fourth-order valence-corrected chi connectivity index (χ4v) is 4.12. The average molecular weight is 436 g/mol. The molecule has 0 saturated heterocycles. The minimum Gasteiger partial charge on any atom is -0.372 e. The first kappa shape index (κ1) is 18.9. The van der Waals surface area contributed by atoms with E-state index in [-0.39, 0.29) is 17.8 Å². The molecule has 120 valence electrons. The molecule has 7 heteroatoms. The summed E-state index contributed by atoms with van der Waals surface area (Å²) in [7, 11) is 0. The van der Waals surface area contributed by atoms with Gasteiger partial charge in [0, 0.05) is 22.7 Å². The van der Waals surface area contributed by atoms with Gasteiger partial charge in [-0.3, -0.25) is 0 Å². The van der Waals surface area contributed by atoms with E-state index in [1.165, 1.54) is 12.1 Å². The van der Waals surface area contributed by atoms with Crippen LogP contribution < -0.4 is 0 Å². The molecule has 0 aliphatic carbocycles. The van der Waals surface area contributed by atoms with E-state index in [4.69, 9.17) is 0 Å². The highest BCUT2D eigenvalue weighted by atomic mass is 79.9. The maximum absolute atomic E-state index is 13.4. The largest absolute Gasteiger partial charge is 0.411 e. The Kier molecular flexibility index (Phi) is 7.64. The maximum Gasteiger partial charge on any atom is 0.411 e. The molecular weight excluding hydrogens is 420 g/mol. The normalized spacial score (nSPS) is 12.7. The van der Waals surface area contributed by atoms with Crippen molar-refractivity contribution in [3.05, 3.63) is 35.6 Å². The van der Waals surface area contributed by atoms with E-state index < -0.39 is 12.8 Å². The molecule has 21 heavy (non-hydrogen) atoms. The van der Waals surface area contributed by atoms with Crippen LogP contribution in [0.3, 0.4) is 0 Å². The quantitative estimate of drug-likeness (QED) is 0.309. The van der Waals surface area contributed by atoms with Gasteiger partial charge in [-0.2, -0.15) is 13.2 Å². The fourth-order valence-electron chi connectivity index (χ4n) is 1.99. The zero-order valence-electron chi connectivity index (χ0n) is 11.2. The first-order chi connectivity index (χ1) is 9.83. The standard InChI is InChI=1S/C14H16Br2F4O/c15-8-13(9-16,11-3-1-4-12(17)7-11)5-2-6-21-10-14(18,19)20/h1,3-4,7H,2,5-6,8-10H2. The lowest BCUT2D eigenvalue weighted by atomic mass is 9.80. The van der Waals surface area contributed by atoms with Crippen molar-refractivity contribution in [3.8, 4) is 0 Å². The number of benzene rings is 1. The number of halogens is 6. The molecule has 1 aromatic carbocycles. The zero-order valence-corrected chi connectivity index (χ0v) is 14.4. The summed E-state index contributed by atoms with van der Waals surface area (Å²) < 4.78 is 53.9. The van der Waals surface area contributed by atoms with Crippen LogP contribution in [0.4, 0.5) is 17.6 Å². The third-order valence-corrected chi connectivity index (χ3v) is 5.31. The average Bonchev–Trinajstić information content (AvgIpc) is 2.42. The SMILES string of the molecule is Fc1cccc(C(CBr)(CBr)CCCOCC(F)(F)F)c1. The van der Waals surface area contributed by atoms with E-state index in [0.717, 1.165) is 5.56 Å². The molecule has 1 rings (SSSR count). The van der Waals surface area contributed by atoms with E-state index in [2.05, 4.69) is 36.6 Å². The summed E-state index contributed by atoms with van der Waals surface area (Å²) in [6.45, 7) is -1.21. The van der Waals surface area contributed by atoms with Crippen LogP contribution in [0.1, 0.15) is 18.4 Å². The second-order valence-corrected chi connectivity index (χ2v) is 5.95. The monoisotopic (exact) mass is 434 g/mol. The van der Waals surface area contributed by atoms with Crippen molar-refractivity contribution >= 4 is 31.9 Å². The molecule has 0 atom stereocenters. The maximum atomic E-state index is 13.4. The molecule has 0 aromatic heterocycles. The molecule has 1 nitrogen and oxygen atoms in total. The smallest absolute Gasteiger partial charge is 0.372 e. The van der Waals surface area contributed by atoms with E-state index in [0.29, 0.717) is 23.5 Å². The lowest BCUT2D eigenvalue weighted by Crippen LogP contribution is -2.31. The summed E-state index contributed by atoms with van der Waals surface area (Å²) in [5.41, 5.74) is 0.441. The Bertz CT molecular complexity index is 433. The molecule has 0 aliphatic rings. The topological polar surface area (TPSA) is 9.23 Å². The van der Waals surface area contributed by atoms with Gasteiger partial charge >= 0.3 is 6.18 Å². The van der Waals surface area contributed by atoms with Crippen molar-refractivity contribution in [3.63, 3.8) is 0 Å². The van der Waals surface area contributed by atoms with Crippen LogP contribution in [0.5, 0.6) is 0 Å². The van der Waals surface area contributed by atoms with Gasteiger partial charge < -0.3 is 4.74 Å². The molecule has 0 saturated carbocycles. The van der Waals surface area contributed by atoms with Crippen molar-refractivity contribution < 1.29 is 22.3 Å². The van der Waals surface area contributed by atoms with Gasteiger partial charge in [-0.25, -0.2) is 4.39 Å². The Balaban J connectivity index is 2.61. The second kappa shape index (κ2) is 8.48. The minimum absolute atomic E-state index is 0.0244. The van der Waals surface area contributed by atoms with Crippen LogP contribution in [-0.4, -0.2) is 30.1 Å². The van der Waals surface area contributed by atoms with Crippen LogP contribution in [0, 0.1) is 5.82 Å². The molecule has 0 heterocycles. The summed E-state index contributed by atoms with van der Waals surface area (Å²) in [5, 5.41) is 1.15. The van der Waals surface area contributed by atoms with Gasteiger partial charge in [0.05, 0.1) is 0 Å². The number of hydrogen-bond acceptors (Lipinski definition) is 1. The summed E-state index contributed by atoms with van der Waals surface area (Å²) in [4.78, 5) is 0. The van der Waals surface area contributed by atoms with Gasteiger partial charge in [0.25, 0.3) is 0 Å². The molecule has 0 unspecified atom stereocenters. The molecule has 1 aromatic rings. The lowest BCUT2D eigenvalue weighted by molar-refractivity contribution is -0.174. The van der Waals surface area contributed by atoms with E-state index >= 15 is 0 Å². The highest BCUT2D eigenvalue weighted by molar-refractivity contribution is 9.09. The predicted octanol–water partition coefficient (Wildman–Crippen LogP) is 5.21. The van der Waals surface area contributed by atoms with Gasteiger partial charge in [-0.15, -0.1) is 0 Å². The summed E-state index contributed by atoms with van der Waals surface area (Å²) in [6, 6.07) is 6.27. The number of ether oxygens (including phenoxy) is 1. The summed E-state index contributed by atoms with van der Waals surface area (Å²) >= 11 is 6.84. The van der Waals surface area contributed by atoms with Crippen molar-refractivity contribution in [2.24, 2.45) is 0 Å². The Morgan fingerprint density at radius 3 is 2.29 bits per heavy atom. The minimum atomic E-state index is -4.30. The molecular formula is C14H16Br2F4O. The summed E-state index contributed by atoms with van der Waals surface area (Å²) in [5.74, 6) is -0.327. The molecule has 0 radical (unpaired) electrons. The van der Waals surface area contributed by atoms with Gasteiger partial charge in [0.2, 0.25) is 0 Å². The van der Waals surface area contributed by atoms with Crippen LogP contribution in [0.15, 0.2) is 24.3 Å². The van der Waals surface area contributed by atoms with Crippen LogP contribution in [0.25, 0.3) is 0 Å². The van der Waals surface area contributed by atoms with Gasteiger partial charge in [0.1, 0.15) is 12.4 Å². The fraction of sp³-hybridized carbons (Fsp3) is 0.571. The lowest BCUT2D eigenvalue weighted by Gasteiger charge is -2.31. The van der Waals surface area contributed by atoms with Crippen LogP contribution >= 0.6 is 31.9 Å². The Hall–Kier alpha value is -0.140.